The van der Waals surface area contributed by atoms with Crippen LogP contribution in [-0.2, 0) is 0 Å². The van der Waals surface area contributed by atoms with Crippen LogP contribution in [0.15, 0.2) is 0 Å². The average Bonchev–Trinajstić information content (AvgIpc) is 1.98. The Hall–Kier alpha value is -0.0400. The van der Waals surface area contributed by atoms with Gasteiger partial charge in [-0.25, -0.2) is 0 Å². The standard InChI is InChI=1S/C10H21N/c1-4-6-11-7-5-9(2)10(3)8-11/h9-10H,4-8H2,1-3H3/t9-,10+/m0/s1. The molecule has 2 atom stereocenters. The third-order valence-corrected chi connectivity index (χ3v) is 2.96. The molecule has 66 valence electrons. The molecule has 0 aromatic rings. The lowest BCUT2D eigenvalue weighted by atomic mass is 9.89. The van der Waals surface area contributed by atoms with E-state index in [-0.39, 0.29) is 0 Å². The third kappa shape index (κ3) is 2.48. The molecule has 1 saturated heterocycles. The summed E-state index contributed by atoms with van der Waals surface area (Å²) in [6.07, 6.45) is 2.71. The van der Waals surface area contributed by atoms with Crippen LogP contribution in [0.5, 0.6) is 0 Å². The first-order chi connectivity index (χ1) is 5.24. The molecular formula is C10H21N. The van der Waals surface area contributed by atoms with Crippen molar-refractivity contribution in [2.75, 3.05) is 19.6 Å². The number of nitrogens with zero attached hydrogens (tertiary/aromatic N) is 1. The summed E-state index contributed by atoms with van der Waals surface area (Å²) in [4.78, 5) is 2.60. The highest BCUT2D eigenvalue weighted by molar-refractivity contribution is 4.74. The monoisotopic (exact) mass is 155 g/mol. The molecule has 1 heteroatoms. The van der Waals surface area contributed by atoms with Crippen molar-refractivity contribution in [1.82, 2.24) is 4.90 Å². The predicted molar refractivity (Wildman–Crippen MR) is 49.7 cm³/mol. The molecule has 1 aliphatic heterocycles. The van der Waals surface area contributed by atoms with Gasteiger partial charge in [0.2, 0.25) is 0 Å². The Balaban J connectivity index is 2.28. The van der Waals surface area contributed by atoms with Gasteiger partial charge in [0.05, 0.1) is 0 Å². The van der Waals surface area contributed by atoms with Crippen molar-refractivity contribution in [3.63, 3.8) is 0 Å². The van der Waals surface area contributed by atoms with Gasteiger partial charge in [-0.15, -0.1) is 0 Å². The summed E-state index contributed by atoms with van der Waals surface area (Å²) < 4.78 is 0. The predicted octanol–water partition coefficient (Wildman–Crippen LogP) is 2.37. The van der Waals surface area contributed by atoms with Crippen LogP contribution in [0.2, 0.25) is 0 Å². The number of likely N-dealkylation sites (tertiary alicyclic amines) is 1. The molecule has 1 aliphatic rings. The summed E-state index contributed by atoms with van der Waals surface area (Å²) in [6.45, 7) is 11.0. The summed E-state index contributed by atoms with van der Waals surface area (Å²) in [5.74, 6) is 1.86. The van der Waals surface area contributed by atoms with E-state index in [0.29, 0.717) is 0 Å². The van der Waals surface area contributed by atoms with Crippen LogP contribution in [0.4, 0.5) is 0 Å². The lowest BCUT2D eigenvalue weighted by Crippen LogP contribution is -2.38. The van der Waals surface area contributed by atoms with Gasteiger partial charge in [-0.2, -0.15) is 0 Å². The minimum Gasteiger partial charge on any atom is -0.303 e. The number of rotatable bonds is 2. The van der Waals surface area contributed by atoms with Crippen molar-refractivity contribution in [3.05, 3.63) is 0 Å². The van der Waals surface area contributed by atoms with Crippen LogP contribution in [0.25, 0.3) is 0 Å². The Morgan fingerprint density at radius 3 is 2.55 bits per heavy atom. The van der Waals surface area contributed by atoms with Crippen LogP contribution < -0.4 is 0 Å². The van der Waals surface area contributed by atoms with Crippen molar-refractivity contribution in [1.29, 1.82) is 0 Å². The second-order valence-electron chi connectivity index (χ2n) is 4.04. The summed E-state index contributed by atoms with van der Waals surface area (Å²) >= 11 is 0. The molecule has 1 heterocycles. The summed E-state index contributed by atoms with van der Waals surface area (Å²) in [5, 5.41) is 0. The Morgan fingerprint density at radius 2 is 2.00 bits per heavy atom. The van der Waals surface area contributed by atoms with E-state index in [9.17, 15) is 0 Å². The molecule has 1 rings (SSSR count). The largest absolute Gasteiger partial charge is 0.303 e. The van der Waals surface area contributed by atoms with E-state index in [0.717, 1.165) is 11.8 Å². The van der Waals surface area contributed by atoms with E-state index in [1.54, 1.807) is 0 Å². The molecule has 0 aromatic heterocycles. The molecule has 0 unspecified atom stereocenters. The van der Waals surface area contributed by atoms with Gasteiger partial charge >= 0.3 is 0 Å². The molecule has 0 spiro atoms. The van der Waals surface area contributed by atoms with Crippen molar-refractivity contribution in [3.8, 4) is 0 Å². The highest BCUT2D eigenvalue weighted by Crippen LogP contribution is 2.22. The molecule has 0 aliphatic carbocycles. The zero-order valence-corrected chi connectivity index (χ0v) is 8.14. The number of piperidine rings is 1. The van der Waals surface area contributed by atoms with Crippen LogP contribution >= 0.6 is 0 Å². The topological polar surface area (TPSA) is 3.24 Å². The average molecular weight is 155 g/mol. The maximum absolute atomic E-state index is 2.60. The summed E-state index contributed by atoms with van der Waals surface area (Å²) in [6, 6.07) is 0. The van der Waals surface area contributed by atoms with E-state index in [2.05, 4.69) is 25.7 Å². The van der Waals surface area contributed by atoms with Gasteiger partial charge in [0, 0.05) is 6.54 Å². The first kappa shape index (κ1) is 9.05. The van der Waals surface area contributed by atoms with Crippen molar-refractivity contribution >= 4 is 0 Å². The summed E-state index contributed by atoms with van der Waals surface area (Å²) in [7, 11) is 0. The van der Waals surface area contributed by atoms with E-state index in [4.69, 9.17) is 0 Å². The van der Waals surface area contributed by atoms with Gasteiger partial charge in [-0.1, -0.05) is 20.8 Å². The van der Waals surface area contributed by atoms with E-state index in [1.165, 1.54) is 32.5 Å². The fourth-order valence-electron chi connectivity index (χ4n) is 1.87. The van der Waals surface area contributed by atoms with Crippen molar-refractivity contribution in [2.24, 2.45) is 11.8 Å². The molecule has 0 aromatic carbocycles. The first-order valence-corrected chi connectivity index (χ1v) is 4.96. The van der Waals surface area contributed by atoms with Crippen molar-refractivity contribution in [2.45, 2.75) is 33.6 Å². The number of hydrogen-bond donors (Lipinski definition) is 0. The Labute approximate surface area is 70.8 Å². The molecule has 1 nitrogen and oxygen atoms in total. The zero-order chi connectivity index (χ0) is 8.27. The Morgan fingerprint density at radius 1 is 1.27 bits per heavy atom. The fourth-order valence-corrected chi connectivity index (χ4v) is 1.87. The molecular weight excluding hydrogens is 134 g/mol. The molecule has 0 radical (unpaired) electrons. The smallest absolute Gasteiger partial charge is 0.000957 e. The number of hydrogen-bond acceptors (Lipinski definition) is 1. The van der Waals surface area contributed by atoms with Crippen LogP contribution in [-0.4, -0.2) is 24.5 Å². The van der Waals surface area contributed by atoms with Crippen LogP contribution in [0.3, 0.4) is 0 Å². The van der Waals surface area contributed by atoms with E-state index >= 15 is 0 Å². The van der Waals surface area contributed by atoms with E-state index < -0.39 is 0 Å². The minimum atomic E-state index is 0.912. The molecule has 0 N–H and O–H groups in total. The highest BCUT2D eigenvalue weighted by atomic mass is 15.1. The van der Waals surface area contributed by atoms with Gasteiger partial charge in [-0.05, 0) is 37.8 Å². The van der Waals surface area contributed by atoms with Crippen LogP contribution in [0, 0.1) is 11.8 Å². The third-order valence-electron chi connectivity index (χ3n) is 2.96. The lowest BCUT2D eigenvalue weighted by molar-refractivity contribution is 0.139. The minimum absolute atomic E-state index is 0.912. The maximum atomic E-state index is 2.60. The zero-order valence-electron chi connectivity index (χ0n) is 8.14. The van der Waals surface area contributed by atoms with Gasteiger partial charge in [0.25, 0.3) is 0 Å². The van der Waals surface area contributed by atoms with E-state index in [1.807, 2.05) is 0 Å². The van der Waals surface area contributed by atoms with Gasteiger partial charge < -0.3 is 4.90 Å². The highest BCUT2D eigenvalue weighted by Gasteiger charge is 2.21. The Bertz CT molecular complexity index is 111. The second kappa shape index (κ2) is 4.10. The quantitative estimate of drug-likeness (QED) is 0.592. The summed E-state index contributed by atoms with van der Waals surface area (Å²) in [5.41, 5.74) is 0. The fraction of sp³-hybridized carbons (Fsp3) is 1.00. The Kier molecular flexibility index (Phi) is 3.38. The molecule has 0 amide bonds. The molecule has 1 fully saturated rings. The van der Waals surface area contributed by atoms with Crippen molar-refractivity contribution < 1.29 is 0 Å². The first-order valence-electron chi connectivity index (χ1n) is 4.96. The molecule has 0 saturated carbocycles. The maximum Gasteiger partial charge on any atom is 0.000957 e. The molecule has 11 heavy (non-hydrogen) atoms. The normalized spacial score (nSPS) is 34.1. The van der Waals surface area contributed by atoms with Gasteiger partial charge in [-0.3, -0.25) is 0 Å². The second-order valence-corrected chi connectivity index (χ2v) is 4.04. The van der Waals surface area contributed by atoms with Gasteiger partial charge in [0.1, 0.15) is 0 Å². The molecule has 0 bridgehead atoms. The van der Waals surface area contributed by atoms with Gasteiger partial charge in [0.15, 0.2) is 0 Å². The SMILES string of the molecule is CCCN1CC[C@H](C)[C@H](C)C1. The van der Waals surface area contributed by atoms with Crippen LogP contribution in [0.1, 0.15) is 33.6 Å². The lowest BCUT2D eigenvalue weighted by Gasteiger charge is -2.34.